The van der Waals surface area contributed by atoms with Crippen molar-refractivity contribution in [1.82, 2.24) is 20.2 Å². The molecule has 0 bridgehead atoms. The van der Waals surface area contributed by atoms with Gasteiger partial charge >= 0.3 is 0 Å². The van der Waals surface area contributed by atoms with Gasteiger partial charge < -0.3 is 0 Å². The van der Waals surface area contributed by atoms with E-state index in [0.717, 1.165) is 6.07 Å². The maximum absolute atomic E-state index is 13.4. The van der Waals surface area contributed by atoms with Crippen molar-refractivity contribution in [2.75, 3.05) is 0 Å². The first-order valence-electron chi connectivity index (χ1n) is 4.89. The molecule has 0 aliphatic rings. The number of halogens is 2. The van der Waals surface area contributed by atoms with Crippen molar-refractivity contribution in [1.29, 1.82) is 0 Å². The molecule has 0 atom stereocenters. The van der Waals surface area contributed by atoms with E-state index in [-0.39, 0.29) is 6.54 Å². The minimum Gasteiger partial charge on any atom is -0.225 e. The van der Waals surface area contributed by atoms with Gasteiger partial charge in [-0.3, -0.25) is 0 Å². The zero-order valence-electron chi connectivity index (χ0n) is 8.69. The minimum atomic E-state index is -0.589. The van der Waals surface area contributed by atoms with Gasteiger partial charge in [-0.1, -0.05) is 13.0 Å². The van der Waals surface area contributed by atoms with Crippen molar-refractivity contribution < 1.29 is 8.78 Å². The third kappa shape index (κ3) is 2.05. The fourth-order valence-electron chi connectivity index (χ4n) is 1.41. The molecule has 0 aliphatic carbocycles. The van der Waals surface area contributed by atoms with Crippen molar-refractivity contribution in [3.8, 4) is 0 Å². The van der Waals surface area contributed by atoms with Crippen LogP contribution in [0, 0.1) is 11.6 Å². The summed E-state index contributed by atoms with van der Waals surface area (Å²) in [5.74, 6) is -0.505. The number of rotatable bonds is 3. The molecule has 0 N–H and O–H groups in total. The number of hydrogen-bond acceptors (Lipinski definition) is 3. The smallest absolute Gasteiger partial charge is 0.151 e. The highest BCUT2D eigenvalue weighted by molar-refractivity contribution is 5.18. The highest BCUT2D eigenvalue weighted by Crippen LogP contribution is 2.11. The van der Waals surface area contributed by atoms with Gasteiger partial charge in [-0.2, -0.15) is 0 Å². The molecule has 2 rings (SSSR count). The van der Waals surface area contributed by atoms with Crippen LogP contribution in [-0.4, -0.2) is 20.2 Å². The van der Waals surface area contributed by atoms with Crippen LogP contribution in [0.5, 0.6) is 0 Å². The lowest BCUT2D eigenvalue weighted by Gasteiger charge is -2.04. The van der Waals surface area contributed by atoms with E-state index in [4.69, 9.17) is 0 Å². The average Bonchev–Trinajstić information content (AvgIpc) is 2.69. The second-order valence-electron chi connectivity index (χ2n) is 3.34. The summed E-state index contributed by atoms with van der Waals surface area (Å²) in [6, 6.07) is 3.46. The van der Waals surface area contributed by atoms with E-state index in [1.807, 2.05) is 6.92 Å². The second kappa shape index (κ2) is 4.34. The summed E-state index contributed by atoms with van der Waals surface area (Å²) in [7, 11) is 0. The molecule has 0 amide bonds. The van der Waals surface area contributed by atoms with Crippen LogP contribution in [0.2, 0.25) is 0 Å². The van der Waals surface area contributed by atoms with E-state index in [1.165, 1.54) is 16.8 Å². The zero-order valence-corrected chi connectivity index (χ0v) is 8.69. The Bertz CT molecular complexity index is 495. The first-order valence-corrected chi connectivity index (χ1v) is 4.89. The van der Waals surface area contributed by atoms with Gasteiger partial charge in [0.05, 0.1) is 6.54 Å². The molecule has 0 saturated heterocycles. The van der Waals surface area contributed by atoms with Gasteiger partial charge in [0.2, 0.25) is 0 Å². The number of benzene rings is 1. The standard InChI is InChI=1S/C10H10F2N4/c1-2-10-13-14-15-16(10)6-7-3-4-8(11)5-9(7)12/h3-5H,2,6H2,1H3. The Morgan fingerprint density at radius 2 is 2.12 bits per heavy atom. The molecule has 2 aromatic rings. The van der Waals surface area contributed by atoms with Gasteiger partial charge in [0.1, 0.15) is 11.6 Å². The van der Waals surface area contributed by atoms with Crippen LogP contribution in [0.25, 0.3) is 0 Å². The highest BCUT2D eigenvalue weighted by Gasteiger charge is 2.08. The van der Waals surface area contributed by atoms with Gasteiger partial charge in [-0.15, -0.1) is 5.10 Å². The molecule has 6 heteroatoms. The summed E-state index contributed by atoms with van der Waals surface area (Å²) in [5.41, 5.74) is 0.364. The molecule has 1 heterocycles. The topological polar surface area (TPSA) is 43.6 Å². The molecular formula is C10H10F2N4. The van der Waals surface area contributed by atoms with E-state index in [9.17, 15) is 8.78 Å². The Kier molecular flexibility index (Phi) is 2.89. The van der Waals surface area contributed by atoms with Crippen LogP contribution in [-0.2, 0) is 13.0 Å². The third-order valence-corrected chi connectivity index (χ3v) is 2.26. The van der Waals surface area contributed by atoms with Crippen molar-refractivity contribution in [3.63, 3.8) is 0 Å². The molecule has 84 valence electrons. The Hall–Kier alpha value is -1.85. The van der Waals surface area contributed by atoms with Crippen molar-refractivity contribution >= 4 is 0 Å². The van der Waals surface area contributed by atoms with E-state index in [2.05, 4.69) is 15.5 Å². The quantitative estimate of drug-likeness (QED) is 0.794. The Balaban J connectivity index is 2.27. The molecule has 0 spiro atoms. The first kappa shape index (κ1) is 10.7. The molecule has 4 nitrogen and oxygen atoms in total. The Labute approximate surface area is 90.9 Å². The fraction of sp³-hybridized carbons (Fsp3) is 0.300. The number of aromatic nitrogens is 4. The zero-order chi connectivity index (χ0) is 11.5. The maximum atomic E-state index is 13.4. The van der Waals surface area contributed by atoms with Crippen molar-refractivity contribution in [3.05, 3.63) is 41.2 Å². The molecule has 0 radical (unpaired) electrons. The van der Waals surface area contributed by atoms with E-state index >= 15 is 0 Å². The van der Waals surface area contributed by atoms with Crippen LogP contribution in [0.1, 0.15) is 18.3 Å². The lowest BCUT2D eigenvalue weighted by molar-refractivity contribution is 0.548. The van der Waals surface area contributed by atoms with Crippen molar-refractivity contribution in [2.45, 2.75) is 19.9 Å². The van der Waals surface area contributed by atoms with Crippen LogP contribution in [0.4, 0.5) is 8.78 Å². The molecule has 1 aromatic carbocycles. The molecular weight excluding hydrogens is 214 g/mol. The number of tetrazole rings is 1. The SMILES string of the molecule is CCc1nnnn1Cc1ccc(F)cc1F. The van der Waals surface area contributed by atoms with E-state index in [0.29, 0.717) is 17.8 Å². The Morgan fingerprint density at radius 3 is 2.81 bits per heavy atom. The molecule has 16 heavy (non-hydrogen) atoms. The lowest BCUT2D eigenvalue weighted by Crippen LogP contribution is -2.08. The molecule has 0 unspecified atom stereocenters. The predicted octanol–water partition coefficient (Wildman–Crippen LogP) is 1.56. The largest absolute Gasteiger partial charge is 0.225 e. The van der Waals surface area contributed by atoms with Crippen LogP contribution < -0.4 is 0 Å². The predicted molar refractivity (Wildman–Crippen MR) is 52.7 cm³/mol. The maximum Gasteiger partial charge on any atom is 0.151 e. The first-order chi connectivity index (χ1) is 7.70. The summed E-state index contributed by atoms with van der Waals surface area (Å²) in [6.07, 6.45) is 0.663. The van der Waals surface area contributed by atoms with Crippen molar-refractivity contribution in [2.24, 2.45) is 0 Å². The lowest BCUT2D eigenvalue weighted by atomic mass is 10.2. The Morgan fingerprint density at radius 1 is 1.31 bits per heavy atom. The molecule has 1 aromatic heterocycles. The van der Waals surface area contributed by atoms with Crippen LogP contribution in [0.3, 0.4) is 0 Å². The van der Waals surface area contributed by atoms with E-state index < -0.39 is 11.6 Å². The minimum absolute atomic E-state index is 0.211. The monoisotopic (exact) mass is 224 g/mol. The van der Waals surface area contributed by atoms with Gasteiger partial charge in [0.25, 0.3) is 0 Å². The summed E-state index contributed by atoms with van der Waals surface area (Å²) in [6.45, 7) is 2.12. The van der Waals surface area contributed by atoms with Gasteiger partial charge in [-0.25, -0.2) is 13.5 Å². The molecule has 0 fully saturated rings. The highest BCUT2D eigenvalue weighted by atomic mass is 19.1. The van der Waals surface area contributed by atoms with Crippen LogP contribution in [0.15, 0.2) is 18.2 Å². The van der Waals surface area contributed by atoms with Gasteiger partial charge in [0.15, 0.2) is 5.82 Å². The fourth-order valence-corrected chi connectivity index (χ4v) is 1.41. The number of nitrogens with zero attached hydrogens (tertiary/aromatic N) is 4. The summed E-state index contributed by atoms with van der Waals surface area (Å²) in [4.78, 5) is 0. The summed E-state index contributed by atoms with van der Waals surface area (Å²) in [5, 5.41) is 11.0. The second-order valence-corrected chi connectivity index (χ2v) is 3.34. The van der Waals surface area contributed by atoms with Crippen LogP contribution >= 0.6 is 0 Å². The molecule has 0 saturated carbocycles. The van der Waals surface area contributed by atoms with Gasteiger partial charge in [0, 0.05) is 18.1 Å². The van der Waals surface area contributed by atoms with Gasteiger partial charge in [-0.05, 0) is 16.5 Å². The summed E-state index contributed by atoms with van der Waals surface area (Å²) >= 11 is 0. The molecule has 0 aliphatic heterocycles. The number of aryl methyl sites for hydroxylation is 1. The average molecular weight is 224 g/mol. The third-order valence-electron chi connectivity index (χ3n) is 2.26. The summed E-state index contributed by atoms with van der Waals surface area (Å²) < 4.78 is 27.5. The van der Waals surface area contributed by atoms with E-state index in [1.54, 1.807) is 0 Å². The number of hydrogen-bond donors (Lipinski definition) is 0. The normalized spacial score (nSPS) is 10.7.